The molecule has 1 aliphatic heterocycles. The molecule has 2 aromatic rings. The fourth-order valence-corrected chi connectivity index (χ4v) is 3.32. The number of likely N-dealkylation sites (tertiary alicyclic amines) is 1. The molecule has 1 aliphatic rings. The molecule has 6 nitrogen and oxygen atoms in total. The van der Waals surface area contributed by atoms with E-state index in [1.807, 2.05) is 33.2 Å². The minimum Gasteiger partial charge on any atom is -0.349 e. The Morgan fingerprint density at radius 3 is 2.71 bits per heavy atom. The fraction of sp³-hybridized carbons (Fsp3) is 0.500. The van der Waals surface area contributed by atoms with Crippen LogP contribution in [0.5, 0.6) is 0 Å². The summed E-state index contributed by atoms with van der Waals surface area (Å²) >= 11 is 0. The molecule has 0 radical (unpaired) electrons. The van der Waals surface area contributed by atoms with Gasteiger partial charge in [0, 0.05) is 38.8 Å². The first-order valence-corrected chi connectivity index (χ1v) is 8.37. The maximum Gasteiger partial charge on any atom is 0.258 e. The number of nitrogens with zero attached hydrogens (tertiary/aromatic N) is 4. The Bertz CT molecular complexity index is 804. The van der Waals surface area contributed by atoms with Crippen LogP contribution in [-0.4, -0.2) is 52.3 Å². The maximum absolute atomic E-state index is 12.3. The Balaban J connectivity index is 1.72. The van der Waals surface area contributed by atoms with Crippen LogP contribution in [0.25, 0.3) is 5.65 Å². The number of aryl methyl sites for hydroxylation is 1. The summed E-state index contributed by atoms with van der Waals surface area (Å²) < 4.78 is 1.58. The predicted molar refractivity (Wildman–Crippen MR) is 92.9 cm³/mol. The summed E-state index contributed by atoms with van der Waals surface area (Å²) in [5.41, 5.74) is 2.47. The largest absolute Gasteiger partial charge is 0.349 e. The van der Waals surface area contributed by atoms with E-state index in [1.165, 1.54) is 0 Å². The number of rotatable bonds is 3. The molecule has 0 bridgehead atoms. The van der Waals surface area contributed by atoms with Gasteiger partial charge in [0.1, 0.15) is 5.65 Å². The zero-order valence-corrected chi connectivity index (χ0v) is 14.5. The first-order chi connectivity index (χ1) is 11.5. The molecule has 2 aromatic heterocycles. The topological polar surface area (TPSA) is 57.9 Å². The summed E-state index contributed by atoms with van der Waals surface area (Å²) in [4.78, 5) is 32.9. The van der Waals surface area contributed by atoms with Gasteiger partial charge in [0.25, 0.3) is 5.56 Å². The Labute approximate surface area is 141 Å². The highest BCUT2D eigenvalue weighted by Gasteiger charge is 2.26. The molecule has 128 valence electrons. The first kappa shape index (κ1) is 16.6. The van der Waals surface area contributed by atoms with Gasteiger partial charge in [0.05, 0.1) is 5.69 Å². The lowest BCUT2D eigenvalue weighted by molar-refractivity contribution is -0.134. The second-order valence-electron chi connectivity index (χ2n) is 6.75. The van der Waals surface area contributed by atoms with Gasteiger partial charge < -0.3 is 4.90 Å². The number of fused-ring (bicyclic) bond motifs is 1. The molecule has 0 unspecified atom stereocenters. The SMILES string of the molecule is Cc1cccn2c(=O)cc(CN3CCC(C(=O)N(C)C)CC3)nc12. The summed E-state index contributed by atoms with van der Waals surface area (Å²) in [5, 5.41) is 0. The van der Waals surface area contributed by atoms with Crippen molar-refractivity contribution in [3.05, 3.63) is 46.0 Å². The third-order valence-electron chi connectivity index (χ3n) is 4.70. The van der Waals surface area contributed by atoms with E-state index < -0.39 is 0 Å². The van der Waals surface area contributed by atoms with Crippen molar-refractivity contribution in [1.29, 1.82) is 0 Å². The third-order valence-corrected chi connectivity index (χ3v) is 4.70. The van der Waals surface area contributed by atoms with Gasteiger partial charge in [-0.1, -0.05) is 6.07 Å². The Kier molecular flexibility index (Phi) is 4.66. The van der Waals surface area contributed by atoms with Gasteiger partial charge in [0.2, 0.25) is 5.91 Å². The summed E-state index contributed by atoms with van der Waals surface area (Å²) in [6.45, 7) is 4.34. The lowest BCUT2D eigenvalue weighted by Crippen LogP contribution is -2.40. The quantitative estimate of drug-likeness (QED) is 0.852. The van der Waals surface area contributed by atoms with Crippen molar-refractivity contribution in [2.24, 2.45) is 5.92 Å². The lowest BCUT2D eigenvalue weighted by Gasteiger charge is -2.32. The van der Waals surface area contributed by atoms with Crippen LogP contribution in [0.1, 0.15) is 24.1 Å². The predicted octanol–water partition coefficient (Wildman–Crippen LogP) is 1.30. The minimum absolute atomic E-state index is 0.0450. The number of piperidine rings is 1. The highest BCUT2D eigenvalue weighted by molar-refractivity contribution is 5.78. The van der Waals surface area contributed by atoms with E-state index in [0.29, 0.717) is 6.54 Å². The van der Waals surface area contributed by atoms with Crippen molar-refractivity contribution in [3.63, 3.8) is 0 Å². The number of carbonyl (C=O) groups excluding carboxylic acids is 1. The van der Waals surface area contributed by atoms with Gasteiger partial charge in [-0.2, -0.15) is 0 Å². The zero-order valence-electron chi connectivity index (χ0n) is 14.5. The van der Waals surface area contributed by atoms with E-state index in [1.54, 1.807) is 21.6 Å². The Morgan fingerprint density at radius 1 is 1.33 bits per heavy atom. The van der Waals surface area contributed by atoms with Crippen LogP contribution in [0.15, 0.2) is 29.2 Å². The molecule has 1 saturated heterocycles. The van der Waals surface area contributed by atoms with Crippen LogP contribution in [0, 0.1) is 12.8 Å². The van der Waals surface area contributed by atoms with Crippen LogP contribution >= 0.6 is 0 Å². The van der Waals surface area contributed by atoms with Gasteiger partial charge >= 0.3 is 0 Å². The van der Waals surface area contributed by atoms with E-state index in [9.17, 15) is 9.59 Å². The molecular weight excluding hydrogens is 304 g/mol. The normalized spacial score (nSPS) is 16.5. The van der Waals surface area contributed by atoms with Gasteiger partial charge in [-0.15, -0.1) is 0 Å². The number of carbonyl (C=O) groups is 1. The summed E-state index contributed by atoms with van der Waals surface area (Å²) in [6.07, 6.45) is 3.48. The van der Waals surface area contributed by atoms with E-state index in [0.717, 1.165) is 42.8 Å². The van der Waals surface area contributed by atoms with Crippen LogP contribution in [0.4, 0.5) is 0 Å². The highest BCUT2D eigenvalue weighted by Crippen LogP contribution is 2.20. The molecule has 0 saturated carbocycles. The van der Waals surface area contributed by atoms with Crippen molar-refractivity contribution < 1.29 is 4.79 Å². The van der Waals surface area contributed by atoms with E-state index in [2.05, 4.69) is 9.88 Å². The van der Waals surface area contributed by atoms with Crippen LogP contribution in [0.2, 0.25) is 0 Å². The molecule has 1 amide bonds. The molecule has 6 heteroatoms. The van der Waals surface area contributed by atoms with Crippen LogP contribution < -0.4 is 5.56 Å². The molecule has 0 spiro atoms. The van der Waals surface area contributed by atoms with Crippen molar-refractivity contribution in [2.75, 3.05) is 27.2 Å². The molecule has 0 aromatic carbocycles. The molecule has 1 fully saturated rings. The van der Waals surface area contributed by atoms with Gasteiger partial charge in [-0.25, -0.2) is 4.98 Å². The highest BCUT2D eigenvalue weighted by atomic mass is 16.2. The molecule has 0 N–H and O–H groups in total. The van der Waals surface area contributed by atoms with E-state index >= 15 is 0 Å². The molecular formula is C18H24N4O2. The Hall–Kier alpha value is -2.21. The average molecular weight is 328 g/mol. The number of hydrogen-bond acceptors (Lipinski definition) is 4. The number of amides is 1. The van der Waals surface area contributed by atoms with Gasteiger partial charge in [-0.3, -0.25) is 18.9 Å². The van der Waals surface area contributed by atoms with E-state index in [4.69, 9.17) is 0 Å². The number of aromatic nitrogens is 2. The van der Waals surface area contributed by atoms with Crippen molar-refractivity contribution in [1.82, 2.24) is 19.2 Å². The van der Waals surface area contributed by atoms with Crippen molar-refractivity contribution in [3.8, 4) is 0 Å². The number of hydrogen-bond donors (Lipinski definition) is 0. The van der Waals surface area contributed by atoms with Crippen LogP contribution in [-0.2, 0) is 11.3 Å². The van der Waals surface area contributed by atoms with E-state index in [-0.39, 0.29) is 17.4 Å². The molecule has 3 rings (SSSR count). The summed E-state index contributed by atoms with van der Waals surface area (Å²) in [7, 11) is 3.62. The second-order valence-corrected chi connectivity index (χ2v) is 6.75. The second kappa shape index (κ2) is 6.73. The maximum atomic E-state index is 12.3. The summed E-state index contributed by atoms with van der Waals surface area (Å²) in [5.74, 6) is 0.334. The Morgan fingerprint density at radius 2 is 2.04 bits per heavy atom. The minimum atomic E-state index is -0.0450. The van der Waals surface area contributed by atoms with Crippen LogP contribution in [0.3, 0.4) is 0 Å². The molecule has 0 aliphatic carbocycles. The van der Waals surface area contributed by atoms with Gasteiger partial charge in [-0.05, 0) is 44.5 Å². The average Bonchev–Trinajstić information content (AvgIpc) is 2.56. The fourth-order valence-electron chi connectivity index (χ4n) is 3.32. The lowest BCUT2D eigenvalue weighted by atomic mass is 9.95. The first-order valence-electron chi connectivity index (χ1n) is 8.37. The van der Waals surface area contributed by atoms with Crippen molar-refractivity contribution in [2.45, 2.75) is 26.3 Å². The molecule has 0 atom stereocenters. The molecule has 24 heavy (non-hydrogen) atoms. The smallest absolute Gasteiger partial charge is 0.258 e. The number of pyridine rings is 1. The molecule has 3 heterocycles. The van der Waals surface area contributed by atoms with Crippen molar-refractivity contribution >= 4 is 11.6 Å². The summed E-state index contributed by atoms with van der Waals surface area (Å²) in [6, 6.07) is 5.44. The zero-order chi connectivity index (χ0) is 17.3. The third kappa shape index (κ3) is 3.33. The van der Waals surface area contributed by atoms with Gasteiger partial charge in [0.15, 0.2) is 0 Å². The standard InChI is InChI=1S/C18H24N4O2/c1-13-5-4-8-22-16(23)11-15(19-17(13)22)12-21-9-6-14(7-10-21)18(24)20(2)3/h4-5,8,11,14H,6-7,9-10,12H2,1-3H3. The monoisotopic (exact) mass is 328 g/mol.